The molecule has 2 amide bonds. The van der Waals surface area contributed by atoms with Crippen LogP contribution in [0, 0.1) is 0 Å². The molecule has 1 fully saturated rings. The molecule has 22 heavy (non-hydrogen) atoms. The molecule has 0 bridgehead atoms. The zero-order valence-corrected chi connectivity index (χ0v) is 13.9. The maximum Gasteiger partial charge on any atom is 0.317 e. The number of urea groups is 1. The molecule has 1 heterocycles. The molecular weight excluding hydrogens is 304 g/mol. The number of amides is 2. The minimum atomic E-state index is -0.0774. The fourth-order valence-corrected chi connectivity index (χ4v) is 2.86. The monoisotopic (exact) mass is 326 g/mol. The van der Waals surface area contributed by atoms with Crippen LogP contribution < -0.4 is 10.1 Å². The van der Waals surface area contributed by atoms with Crippen LogP contribution in [0.15, 0.2) is 18.2 Å². The molecule has 0 radical (unpaired) electrons. The zero-order valence-electron chi connectivity index (χ0n) is 13.1. The molecule has 0 spiro atoms. The van der Waals surface area contributed by atoms with E-state index in [-0.39, 0.29) is 12.1 Å². The Labute approximate surface area is 136 Å². The fraction of sp³-hybridized carbons (Fsp3) is 0.562. The van der Waals surface area contributed by atoms with Gasteiger partial charge < -0.3 is 19.7 Å². The Morgan fingerprint density at radius 2 is 2.32 bits per heavy atom. The van der Waals surface area contributed by atoms with Crippen LogP contribution in [-0.4, -0.2) is 43.8 Å². The maximum atomic E-state index is 12.3. The highest BCUT2D eigenvalue weighted by molar-refractivity contribution is 6.30. The summed E-state index contributed by atoms with van der Waals surface area (Å²) in [5.74, 6) is 0.718. The van der Waals surface area contributed by atoms with Gasteiger partial charge in [0.05, 0.1) is 13.2 Å². The number of nitrogens with zero attached hydrogens (tertiary/aromatic N) is 1. The van der Waals surface area contributed by atoms with Gasteiger partial charge in [0.15, 0.2) is 0 Å². The minimum Gasteiger partial charge on any atom is -0.496 e. The largest absolute Gasteiger partial charge is 0.496 e. The lowest BCUT2D eigenvalue weighted by atomic mass is 10.1. The second-order valence-electron chi connectivity index (χ2n) is 5.28. The van der Waals surface area contributed by atoms with Crippen LogP contribution in [0.5, 0.6) is 5.75 Å². The van der Waals surface area contributed by atoms with Gasteiger partial charge in [0.25, 0.3) is 0 Å². The summed E-state index contributed by atoms with van der Waals surface area (Å²) in [4.78, 5) is 14.1. The van der Waals surface area contributed by atoms with Crippen LogP contribution in [0.2, 0.25) is 5.02 Å². The van der Waals surface area contributed by atoms with Crippen LogP contribution in [0.4, 0.5) is 4.79 Å². The van der Waals surface area contributed by atoms with Crippen LogP contribution >= 0.6 is 11.6 Å². The number of likely N-dealkylation sites (tertiary alicyclic amines) is 1. The zero-order chi connectivity index (χ0) is 15.9. The first-order chi connectivity index (χ1) is 10.6. The highest BCUT2D eigenvalue weighted by atomic mass is 35.5. The summed E-state index contributed by atoms with van der Waals surface area (Å²) in [5, 5.41) is 3.55. The number of ether oxygens (including phenoxy) is 2. The predicted octanol–water partition coefficient (Wildman–Crippen LogP) is 3.06. The summed E-state index contributed by atoms with van der Waals surface area (Å²) in [6, 6.07) is 5.30. The van der Waals surface area contributed by atoms with E-state index in [0.29, 0.717) is 24.7 Å². The third kappa shape index (κ3) is 4.52. The normalized spacial score (nSPS) is 18.1. The van der Waals surface area contributed by atoms with Crippen molar-refractivity contribution in [3.63, 3.8) is 0 Å². The van der Waals surface area contributed by atoms with E-state index in [1.165, 1.54) is 0 Å². The highest BCUT2D eigenvalue weighted by Gasteiger charge is 2.23. The lowest BCUT2D eigenvalue weighted by molar-refractivity contribution is 0.0164. The molecule has 1 aromatic carbocycles. The van der Waals surface area contributed by atoms with Gasteiger partial charge >= 0.3 is 6.03 Å². The summed E-state index contributed by atoms with van der Waals surface area (Å²) in [6.07, 6.45) is 2.13. The third-order valence-electron chi connectivity index (χ3n) is 3.74. The second-order valence-corrected chi connectivity index (χ2v) is 5.72. The summed E-state index contributed by atoms with van der Waals surface area (Å²) in [6.45, 7) is 4.46. The molecule has 0 saturated carbocycles. The number of halogens is 1. The van der Waals surface area contributed by atoms with E-state index in [9.17, 15) is 4.79 Å². The fourth-order valence-electron chi connectivity index (χ4n) is 2.66. The van der Waals surface area contributed by atoms with E-state index in [1.54, 1.807) is 30.2 Å². The lowest BCUT2D eigenvalue weighted by Crippen LogP contribution is -2.47. The summed E-state index contributed by atoms with van der Waals surface area (Å²) < 4.78 is 10.9. The van der Waals surface area contributed by atoms with E-state index in [4.69, 9.17) is 21.1 Å². The SMILES string of the molecule is CCOC1CCCN(C(=O)NCc2cc(Cl)ccc2OC)C1. The molecule has 1 saturated heterocycles. The lowest BCUT2D eigenvalue weighted by Gasteiger charge is -2.32. The Kier molecular flexibility index (Phi) is 6.34. The Hall–Kier alpha value is -1.46. The number of benzene rings is 1. The van der Waals surface area contributed by atoms with Gasteiger partial charge in [-0.3, -0.25) is 0 Å². The average Bonchev–Trinajstić information content (AvgIpc) is 2.53. The van der Waals surface area contributed by atoms with Crippen LogP contribution in [0.3, 0.4) is 0 Å². The summed E-state index contributed by atoms with van der Waals surface area (Å²) >= 11 is 6.00. The quantitative estimate of drug-likeness (QED) is 0.904. The van der Waals surface area contributed by atoms with E-state index in [0.717, 1.165) is 30.7 Å². The number of methoxy groups -OCH3 is 1. The summed E-state index contributed by atoms with van der Waals surface area (Å²) in [7, 11) is 1.60. The molecule has 122 valence electrons. The van der Waals surface area contributed by atoms with Gasteiger partial charge in [-0.05, 0) is 38.0 Å². The van der Waals surface area contributed by atoms with Crippen molar-refractivity contribution in [2.75, 3.05) is 26.8 Å². The molecule has 1 aliphatic rings. The second kappa shape index (κ2) is 8.25. The number of carbonyl (C=O) groups excluding carboxylic acids is 1. The van der Waals surface area contributed by atoms with E-state index < -0.39 is 0 Å². The van der Waals surface area contributed by atoms with Crippen molar-refractivity contribution in [3.8, 4) is 5.75 Å². The van der Waals surface area contributed by atoms with Gasteiger partial charge in [0.2, 0.25) is 0 Å². The molecule has 0 aromatic heterocycles. The van der Waals surface area contributed by atoms with Crippen molar-refractivity contribution in [1.82, 2.24) is 10.2 Å². The minimum absolute atomic E-state index is 0.0774. The van der Waals surface area contributed by atoms with Gasteiger partial charge in [-0.1, -0.05) is 11.6 Å². The van der Waals surface area contributed by atoms with Crippen molar-refractivity contribution >= 4 is 17.6 Å². The summed E-state index contributed by atoms with van der Waals surface area (Å²) in [5.41, 5.74) is 0.863. The molecule has 1 aliphatic heterocycles. The standard InChI is InChI=1S/C16H23ClN2O3/c1-3-22-14-5-4-8-19(11-14)16(20)18-10-12-9-13(17)6-7-15(12)21-2/h6-7,9,14H,3-5,8,10-11H2,1-2H3,(H,18,20). The van der Waals surface area contributed by atoms with Crippen molar-refractivity contribution in [2.24, 2.45) is 0 Å². The number of hydrogen-bond acceptors (Lipinski definition) is 3. The number of rotatable bonds is 5. The number of piperidine rings is 1. The van der Waals surface area contributed by atoms with Gasteiger partial charge in [-0.2, -0.15) is 0 Å². The predicted molar refractivity (Wildman–Crippen MR) is 86.5 cm³/mol. The Morgan fingerprint density at radius 3 is 3.05 bits per heavy atom. The topological polar surface area (TPSA) is 50.8 Å². The van der Waals surface area contributed by atoms with Gasteiger partial charge in [-0.15, -0.1) is 0 Å². The molecule has 1 aromatic rings. The molecule has 0 aliphatic carbocycles. The first-order valence-corrected chi connectivity index (χ1v) is 7.98. The molecule has 6 heteroatoms. The molecule has 2 rings (SSSR count). The highest BCUT2D eigenvalue weighted by Crippen LogP contribution is 2.22. The van der Waals surface area contributed by atoms with Crippen molar-refractivity contribution < 1.29 is 14.3 Å². The van der Waals surface area contributed by atoms with Crippen molar-refractivity contribution in [3.05, 3.63) is 28.8 Å². The van der Waals surface area contributed by atoms with Crippen LogP contribution in [-0.2, 0) is 11.3 Å². The first kappa shape index (κ1) is 16.9. The van der Waals surface area contributed by atoms with Crippen LogP contribution in [0.25, 0.3) is 0 Å². The van der Waals surface area contributed by atoms with Crippen molar-refractivity contribution in [1.29, 1.82) is 0 Å². The van der Waals surface area contributed by atoms with Crippen molar-refractivity contribution in [2.45, 2.75) is 32.4 Å². The molecular formula is C16H23ClN2O3. The van der Waals surface area contributed by atoms with Gasteiger partial charge in [0, 0.05) is 36.8 Å². The molecule has 1 N–H and O–H groups in total. The smallest absolute Gasteiger partial charge is 0.317 e. The number of carbonyl (C=O) groups is 1. The van der Waals surface area contributed by atoms with E-state index in [2.05, 4.69) is 5.32 Å². The molecule has 1 unspecified atom stereocenters. The average molecular weight is 327 g/mol. The number of hydrogen-bond donors (Lipinski definition) is 1. The van der Waals surface area contributed by atoms with E-state index in [1.807, 2.05) is 6.92 Å². The Balaban J connectivity index is 1.91. The number of nitrogens with one attached hydrogen (secondary N) is 1. The molecule has 5 nitrogen and oxygen atoms in total. The Bertz CT molecular complexity index is 508. The maximum absolute atomic E-state index is 12.3. The van der Waals surface area contributed by atoms with Gasteiger partial charge in [-0.25, -0.2) is 4.79 Å². The van der Waals surface area contributed by atoms with Gasteiger partial charge in [0.1, 0.15) is 5.75 Å². The van der Waals surface area contributed by atoms with E-state index >= 15 is 0 Å². The molecule has 1 atom stereocenters. The first-order valence-electron chi connectivity index (χ1n) is 7.60. The van der Waals surface area contributed by atoms with Crippen LogP contribution in [0.1, 0.15) is 25.3 Å². The third-order valence-corrected chi connectivity index (χ3v) is 3.98. The Morgan fingerprint density at radius 1 is 1.50 bits per heavy atom.